The van der Waals surface area contributed by atoms with Gasteiger partial charge in [0, 0.05) is 20.8 Å². The van der Waals surface area contributed by atoms with E-state index in [-0.39, 0.29) is 6.61 Å². The summed E-state index contributed by atoms with van der Waals surface area (Å²) in [5.74, 6) is -2.37. The predicted molar refractivity (Wildman–Crippen MR) is 298 cm³/mol. The van der Waals surface area contributed by atoms with Gasteiger partial charge in [0.05, 0.1) is 65.5 Å². The fourth-order valence-electron chi connectivity index (χ4n) is 12.5. The van der Waals surface area contributed by atoms with Crippen molar-refractivity contribution in [2.45, 2.75) is 260 Å². The fraction of sp³-hybridized carbons (Fsp3) is 0.944. The molecule has 3 amide bonds. The molecule has 8 rings (SSSR count). The molecule has 8 fully saturated rings. The number of carbonyl (C=O) groups excluding carboxylic acids is 3. The van der Waals surface area contributed by atoms with Gasteiger partial charge in [-0.15, -0.1) is 0 Å². The molecule has 0 spiro atoms. The number of aliphatic hydroxyl groups is 22. The zero-order valence-corrected chi connectivity index (χ0v) is 52.1. The van der Waals surface area contributed by atoms with Crippen molar-refractivity contribution in [3.05, 3.63) is 0 Å². The van der Waals surface area contributed by atoms with Gasteiger partial charge in [0.1, 0.15) is 189 Å². The maximum Gasteiger partial charge on any atom is 0.217 e. The van der Waals surface area contributed by atoms with Gasteiger partial charge in [0.2, 0.25) is 17.7 Å². The molecule has 0 aromatic rings. The highest BCUT2D eigenvalue weighted by Crippen LogP contribution is 2.39. The van der Waals surface area contributed by atoms with Crippen LogP contribution in [0.1, 0.15) is 20.8 Å². The standard InChI is InChI=1S/C54H91N3O40/c1-13(65)55-16-11-83-21(8-62)42(27(16)68)92-48-25(56-14(2)66)33(74)44(23(10-64)89-48)94-52-41(82)45(95-54-47(38(79)31(72)20(7-61)88-54)97-51-40(81)36(77)29(70)18(5-59)86-51)32(73)24(91-52)12-84-53-46(37(78)30(71)19(6-60)87-53)96-49-26(57-15(3)67)34(75)43(22(9-63)90-49)93-50-39(80)35(76)28(69)17(4-58)85-50/h16-54,58-64,68-82H,4-12H2,1-3H3,(H,55,65)(H,56,66)(H,57,67)/t16-,17+,18+,19+,20+,21+,22+,23+,24+,25+,26+,27+,28-,29+,30+,31+,32+,33+,34+,35-,36-,37-,38-,39+,40-,41-,42+,43+,44+,45-,46-,47-,48-,49-,50-,51-,52-,53-,54+/m0/s1. The van der Waals surface area contributed by atoms with Gasteiger partial charge in [-0.3, -0.25) is 14.4 Å². The van der Waals surface area contributed by atoms with Gasteiger partial charge in [-0.2, -0.15) is 0 Å². The van der Waals surface area contributed by atoms with Crippen LogP contribution < -0.4 is 16.0 Å². The molecule has 8 aliphatic heterocycles. The molecule has 0 aromatic heterocycles. The number of ether oxygens (including phenoxy) is 15. The van der Waals surface area contributed by atoms with Crippen molar-refractivity contribution in [1.82, 2.24) is 16.0 Å². The Morgan fingerprint density at radius 3 is 1.04 bits per heavy atom. The van der Waals surface area contributed by atoms with Crippen LogP contribution in [0.4, 0.5) is 0 Å². The first-order valence-electron chi connectivity index (χ1n) is 31.0. The number of hydrogen-bond acceptors (Lipinski definition) is 40. The van der Waals surface area contributed by atoms with Gasteiger partial charge in [0.15, 0.2) is 44.0 Å². The lowest BCUT2D eigenvalue weighted by atomic mass is 9.94. The largest absolute Gasteiger partial charge is 0.394 e. The van der Waals surface area contributed by atoms with E-state index in [0.717, 1.165) is 20.8 Å². The number of amides is 3. The Morgan fingerprint density at radius 1 is 0.299 bits per heavy atom. The van der Waals surface area contributed by atoms with Crippen LogP contribution >= 0.6 is 0 Å². The van der Waals surface area contributed by atoms with Crippen LogP contribution in [0.15, 0.2) is 0 Å². The maximum atomic E-state index is 12.8. The van der Waals surface area contributed by atoms with E-state index >= 15 is 0 Å². The zero-order valence-electron chi connectivity index (χ0n) is 52.1. The maximum absolute atomic E-state index is 12.8. The average molecular weight is 1420 g/mol. The van der Waals surface area contributed by atoms with Crippen LogP contribution in [-0.2, 0) is 85.4 Å². The molecule has 0 unspecified atom stereocenters. The number of carbonyl (C=O) groups is 3. The van der Waals surface area contributed by atoms with Gasteiger partial charge in [-0.05, 0) is 0 Å². The average Bonchev–Trinajstić information content (AvgIpc) is 0.785. The third-order valence-electron chi connectivity index (χ3n) is 17.8. The number of nitrogens with one attached hydrogen (secondary N) is 3. The van der Waals surface area contributed by atoms with Crippen molar-refractivity contribution in [1.29, 1.82) is 0 Å². The van der Waals surface area contributed by atoms with Gasteiger partial charge in [-0.1, -0.05) is 0 Å². The van der Waals surface area contributed by atoms with E-state index in [4.69, 9.17) is 71.1 Å². The topological polar surface area (TPSA) is 671 Å². The summed E-state index contributed by atoms with van der Waals surface area (Å²) >= 11 is 0. The SMILES string of the molecule is CC(=O)N[C@H]1[C@H](O[C@H]2[C@H](O)[C@@H](NC(C)=O)CO[C@@H]2CO)O[C@H](CO)[C@@H](O[C@@H]2O[C@H](CO[C@H]3O[C@H](CO)[C@@H](O)[C@H](O)[C@@H]3O[C@@H]3O[C@H](CO)[C@@H](O[C@@H]4O[C@H](CO)[C@H](O)[C@H](O)[C@H]4O)[C@H](O)[C@H]3NC(C)=O)[C@@H](O)[C@H](O[C@H]3O[C@H](CO)[C@@H](O)[C@H](O)[C@@H]3O[C@@H]3O[C@H](CO)[C@@H](O)[C@H](O)[C@@H]3O)[C@@H]2O)[C@@H]1O. The molecule has 43 nitrogen and oxygen atoms in total. The Bertz CT molecular complexity index is 2470. The molecular weight excluding hydrogens is 1330 g/mol. The summed E-state index contributed by atoms with van der Waals surface area (Å²) in [5, 5.41) is 248. The zero-order chi connectivity index (χ0) is 71.3. The van der Waals surface area contributed by atoms with Crippen molar-refractivity contribution in [3.8, 4) is 0 Å². The summed E-state index contributed by atoms with van der Waals surface area (Å²) in [6.07, 6.45) is -72.2. The number of hydrogen-bond donors (Lipinski definition) is 25. The molecule has 0 aliphatic carbocycles. The summed E-state index contributed by atoms with van der Waals surface area (Å²) in [4.78, 5) is 37.6. The highest BCUT2D eigenvalue weighted by atomic mass is 16.8. The molecule has 562 valence electrons. The third kappa shape index (κ3) is 17.6. The van der Waals surface area contributed by atoms with Crippen LogP contribution in [0.2, 0.25) is 0 Å². The Balaban J connectivity index is 1.11. The van der Waals surface area contributed by atoms with Crippen molar-refractivity contribution >= 4 is 17.7 Å². The second-order valence-electron chi connectivity index (χ2n) is 24.5. The minimum atomic E-state index is -2.46. The minimum absolute atomic E-state index is 0.316. The van der Waals surface area contributed by atoms with Crippen molar-refractivity contribution in [2.75, 3.05) is 59.5 Å². The smallest absolute Gasteiger partial charge is 0.217 e. The van der Waals surface area contributed by atoms with Crippen LogP contribution in [0, 0.1) is 0 Å². The van der Waals surface area contributed by atoms with Crippen LogP contribution in [0.3, 0.4) is 0 Å². The second-order valence-corrected chi connectivity index (χ2v) is 24.5. The predicted octanol–water partition coefficient (Wildman–Crippen LogP) is -17.3. The van der Waals surface area contributed by atoms with Gasteiger partial charge in [0.25, 0.3) is 0 Å². The monoisotopic (exact) mass is 1420 g/mol. The molecule has 0 aromatic carbocycles. The lowest BCUT2D eigenvalue weighted by Gasteiger charge is -2.51. The molecule has 8 aliphatic rings. The van der Waals surface area contributed by atoms with E-state index < -0.39 is 310 Å². The van der Waals surface area contributed by atoms with E-state index in [1.54, 1.807) is 0 Å². The van der Waals surface area contributed by atoms with Crippen molar-refractivity contribution < 1.29 is 198 Å². The van der Waals surface area contributed by atoms with Gasteiger partial charge >= 0.3 is 0 Å². The lowest BCUT2D eigenvalue weighted by Crippen LogP contribution is -2.70. The molecule has 97 heavy (non-hydrogen) atoms. The molecule has 39 atom stereocenters. The first-order valence-corrected chi connectivity index (χ1v) is 31.0. The number of aliphatic hydroxyl groups excluding tert-OH is 22. The van der Waals surface area contributed by atoms with E-state index in [9.17, 15) is 127 Å². The Morgan fingerprint density at radius 2 is 0.619 bits per heavy atom. The lowest BCUT2D eigenvalue weighted by molar-refractivity contribution is -0.399. The number of rotatable bonds is 25. The summed E-state index contributed by atoms with van der Waals surface area (Å²) in [5.41, 5.74) is 0. The summed E-state index contributed by atoms with van der Waals surface area (Å²) in [7, 11) is 0. The molecule has 8 heterocycles. The van der Waals surface area contributed by atoms with E-state index in [1.165, 1.54) is 0 Å². The first-order chi connectivity index (χ1) is 46.0. The summed E-state index contributed by atoms with van der Waals surface area (Å²) in [6.45, 7) is -5.40. The third-order valence-corrected chi connectivity index (χ3v) is 17.8. The molecule has 0 bridgehead atoms. The molecule has 8 saturated heterocycles. The summed E-state index contributed by atoms with van der Waals surface area (Å²) < 4.78 is 88.2. The van der Waals surface area contributed by atoms with E-state index in [0.29, 0.717) is 0 Å². The van der Waals surface area contributed by atoms with Gasteiger partial charge in [-0.25, -0.2) is 0 Å². The van der Waals surface area contributed by atoms with E-state index in [2.05, 4.69) is 16.0 Å². The van der Waals surface area contributed by atoms with Crippen molar-refractivity contribution in [3.63, 3.8) is 0 Å². The van der Waals surface area contributed by atoms with Gasteiger partial charge < -0.3 is 199 Å². The van der Waals surface area contributed by atoms with E-state index in [1.807, 2.05) is 0 Å². The quantitative estimate of drug-likeness (QED) is 0.0404. The molecular formula is C54H91N3O40. The Labute approximate surface area is 549 Å². The Hall–Kier alpha value is -3.07. The van der Waals surface area contributed by atoms with Crippen LogP contribution in [0.5, 0.6) is 0 Å². The molecule has 25 N–H and O–H groups in total. The molecule has 43 heteroatoms. The van der Waals surface area contributed by atoms with Crippen LogP contribution in [0.25, 0.3) is 0 Å². The molecule has 0 radical (unpaired) electrons. The normalized spacial score (nSPS) is 49.1. The fourth-order valence-corrected chi connectivity index (χ4v) is 12.5. The highest BCUT2D eigenvalue weighted by Gasteiger charge is 2.60. The second kappa shape index (κ2) is 34.9. The molecule has 0 saturated carbocycles. The Kier molecular flexibility index (Phi) is 28.7. The van der Waals surface area contributed by atoms with Crippen LogP contribution in [-0.4, -0.2) is 429 Å². The summed E-state index contributed by atoms with van der Waals surface area (Å²) in [6, 6.07) is -4.79. The first kappa shape index (κ1) is 79.6. The minimum Gasteiger partial charge on any atom is -0.394 e. The van der Waals surface area contributed by atoms with Crippen molar-refractivity contribution in [2.24, 2.45) is 0 Å². The highest BCUT2D eigenvalue weighted by molar-refractivity contribution is 5.74.